The first kappa shape index (κ1) is 15.4. The summed E-state index contributed by atoms with van der Waals surface area (Å²) in [5.41, 5.74) is 2.42. The van der Waals surface area contributed by atoms with Crippen molar-refractivity contribution in [1.82, 2.24) is 4.90 Å². The number of phenolic OH excluding ortho intramolecular Hbond substituents is 1. The number of allylic oxidation sites excluding steroid dienone is 1. The summed E-state index contributed by atoms with van der Waals surface area (Å²) in [5.74, 6) is 4.87. The molecule has 23 heavy (non-hydrogen) atoms. The number of hydrogen-bond donors (Lipinski definition) is 3. The largest absolute Gasteiger partial charge is 0.505 e. The number of anilines is 1. The molecule has 0 saturated carbocycles. The van der Waals surface area contributed by atoms with Crippen LogP contribution in [0.1, 0.15) is 22.3 Å². The second-order valence-corrected chi connectivity index (χ2v) is 5.58. The van der Waals surface area contributed by atoms with Crippen LogP contribution in [0.3, 0.4) is 0 Å². The first-order valence-electron chi connectivity index (χ1n) is 7.24. The zero-order valence-electron chi connectivity index (χ0n) is 12.9. The maximum atomic E-state index is 12.9. The number of carbonyl (C=O) groups is 1. The van der Waals surface area contributed by atoms with E-state index in [0.29, 0.717) is 23.2 Å². The summed E-state index contributed by atoms with van der Waals surface area (Å²) >= 11 is 0. The minimum atomic E-state index is -0.450. The summed E-state index contributed by atoms with van der Waals surface area (Å²) in [7, 11) is 1.56. The fourth-order valence-electron chi connectivity index (χ4n) is 2.98. The van der Waals surface area contributed by atoms with Gasteiger partial charge in [0, 0.05) is 13.3 Å². The van der Waals surface area contributed by atoms with Crippen LogP contribution in [0.2, 0.25) is 0 Å². The fourth-order valence-corrected chi connectivity index (χ4v) is 2.98. The average Bonchev–Trinajstić information content (AvgIpc) is 2.93. The Morgan fingerprint density at radius 1 is 1.48 bits per heavy atom. The van der Waals surface area contributed by atoms with Crippen LogP contribution in [0.25, 0.3) is 0 Å². The van der Waals surface area contributed by atoms with Crippen LogP contribution in [0.5, 0.6) is 5.75 Å². The molecule has 3 rings (SSSR count). The van der Waals surface area contributed by atoms with Crippen molar-refractivity contribution in [1.29, 1.82) is 0 Å². The molecule has 0 aromatic heterocycles. The Hall–Kier alpha value is -2.51. The maximum Gasteiger partial charge on any atom is 0.260 e. The number of hydrogen-bond acceptors (Lipinski definition) is 6. The van der Waals surface area contributed by atoms with Crippen molar-refractivity contribution in [2.75, 3.05) is 12.4 Å². The lowest BCUT2D eigenvalue weighted by atomic mass is 10.1. The van der Waals surface area contributed by atoms with E-state index in [4.69, 9.17) is 10.6 Å². The van der Waals surface area contributed by atoms with Crippen LogP contribution in [0.4, 0.5) is 5.69 Å². The molecule has 2 aliphatic rings. The number of ether oxygens (including phenoxy) is 1. The van der Waals surface area contributed by atoms with Crippen molar-refractivity contribution in [3.8, 4) is 5.75 Å². The Morgan fingerprint density at radius 2 is 2.26 bits per heavy atom. The number of rotatable bonds is 3. The highest BCUT2D eigenvalue weighted by Gasteiger charge is 2.40. The summed E-state index contributed by atoms with van der Waals surface area (Å²) in [4.78, 5) is 18.9. The molecule has 2 aliphatic heterocycles. The van der Waals surface area contributed by atoms with E-state index in [1.54, 1.807) is 43.3 Å². The van der Waals surface area contributed by atoms with Gasteiger partial charge in [-0.2, -0.15) is 5.90 Å². The number of nitrogens with one attached hydrogen (secondary N) is 1. The van der Waals surface area contributed by atoms with Gasteiger partial charge in [0.05, 0.1) is 17.3 Å². The first-order chi connectivity index (χ1) is 11.1. The third-order valence-corrected chi connectivity index (χ3v) is 4.20. The smallest absolute Gasteiger partial charge is 0.260 e. The molecule has 122 valence electrons. The van der Waals surface area contributed by atoms with Crippen molar-refractivity contribution >= 4 is 11.6 Å². The quantitative estimate of drug-likeness (QED) is 0.445. The Bertz CT molecular complexity index is 699. The van der Waals surface area contributed by atoms with E-state index in [2.05, 4.69) is 10.2 Å². The van der Waals surface area contributed by atoms with Crippen molar-refractivity contribution in [2.24, 2.45) is 5.90 Å². The zero-order chi connectivity index (χ0) is 16.6. The lowest BCUT2D eigenvalue weighted by Gasteiger charge is -2.27. The normalized spacial score (nSPS) is 23.2. The standard InChI is InChI=1S/C16H19N3O4/c1-9-3-4-11-13(14(9)20)18-15(22-2)12-7-10(5-6-23-17)8-19(12)16(11)21/h3-6,8,12,15,18,20H,7,17H2,1-2H3/b6-5+/t12-,15+/m0/s1. The van der Waals surface area contributed by atoms with E-state index in [9.17, 15) is 9.90 Å². The highest BCUT2D eigenvalue weighted by Crippen LogP contribution is 2.38. The van der Waals surface area contributed by atoms with Crippen LogP contribution in [0.15, 0.2) is 36.2 Å². The van der Waals surface area contributed by atoms with Crippen LogP contribution in [0, 0.1) is 6.92 Å². The van der Waals surface area contributed by atoms with Gasteiger partial charge in [0.1, 0.15) is 18.2 Å². The van der Waals surface area contributed by atoms with E-state index < -0.39 is 6.23 Å². The van der Waals surface area contributed by atoms with Gasteiger partial charge in [-0.05, 0) is 36.6 Å². The molecular weight excluding hydrogens is 298 g/mol. The molecule has 1 aromatic rings. The minimum Gasteiger partial charge on any atom is -0.505 e. The van der Waals surface area contributed by atoms with Gasteiger partial charge in [-0.25, -0.2) is 0 Å². The number of aryl methyl sites for hydroxylation is 1. The van der Waals surface area contributed by atoms with E-state index in [1.807, 2.05) is 0 Å². The molecule has 1 aromatic carbocycles. The summed E-state index contributed by atoms with van der Waals surface area (Å²) in [6, 6.07) is 3.20. The van der Waals surface area contributed by atoms with Crippen molar-refractivity contribution < 1.29 is 19.5 Å². The fraction of sp³-hybridized carbons (Fsp3) is 0.312. The first-order valence-corrected chi connectivity index (χ1v) is 7.24. The molecule has 7 nitrogen and oxygen atoms in total. The highest BCUT2D eigenvalue weighted by atomic mass is 16.6. The molecule has 1 amide bonds. The third-order valence-electron chi connectivity index (χ3n) is 4.20. The maximum absolute atomic E-state index is 12.9. The van der Waals surface area contributed by atoms with Gasteiger partial charge in [0.2, 0.25) is 0 Å². The number of nitrogens with zero attached hydrogens (tertiary/aromatic N) is 1. The predicted molar refractivity (Wildman–Crippen MR) is 84.3 cm³/mol. The van der Waals surface area contributed by atoms with Crippen molar-refractivity contribution in [3.63, 3.8) is 0 Å². The average molecular weight is 317 g/mol. The van der Waals surface area contributed by atoms with Gasteiger partial charge in [-0.3, -0.25) is 4.79 Å². The molecule has 0 aliphatic carbocycles. The number of amides is 1. The molecule has 0 fully saturated rings. The number of nitrogens with two attached hydrogens (primary N) is 1. The van der Waals surface area contributed by atoms with Crippen LogP contribution >= 0.6 is 0 Å². The summed E-state index contributed by atoms with van der Waals surface area (Å²) in [6.45, 7) is 1.78. The minimum absolute atomic E-state index is 0.0692. The Kier molecular flexibility index (Phi) is 3.97. The van der Waals surface area contributed by atoms with Crippen molar-refractivity contribution in [3.05, 3.63) is 47.4 Å². The molecule has 0 spiro atoms. The van der Waals surface area contributed by atoms with Crippen LogP contribution in [-0.2, 0) is 9.57 Å². The molecule has 2 atom stereocenters. The van der Waals surface area contributed by atoms with Crippen LogP contribution in [-0.4, -0.2) is 35.3 Å². The number of benzene rings is 1. The SMILES string of the molecule is CO[C@H]1Nc2c(ccc(C)c2O)C(=O)N2C=C(/C=C/ON)C[C@@H]12. The number of phenols is 1. The Balaban J connectivity index is 2.05. The van der Waals surface area contributed by atoms with Gasteiger partial charge in [0.15, 0.2) is 0 Å². The molecular formula is C16H19N3O4. The zero-order valence-corrected chi connectivity index (χ0v) is 12.9. The van der Waals surface area contributed by atoms with E-state index in [-0.39, 0.29) is 17.7 Å². The molecule has 0 radical (unpaired) electrons. The van der Waals surface area contributed by atoms with Gasteiger partial charge in [-0.1, -0.05) is 6.07 Å². The molecule has 7 heteroatoms. The Labute approximate surface area is 133 Å². The summed E-state index contributed by atoms with van der Waals surface area (Å²) < 4.78 is 5.51. The number of fused-ring (bicyclic) bond motifs is 2. The van der Waals surface area contributed by atoms with Gasteiger partial charge >= 0.3 is 0 Å². The molecule has 0 bridgehead atoms. The van der Waals surface area contributed by atoms with Gasteiger partial charge in [0.25, 0.3) is 5.91 Å². The lowest BCUT2D eigenvalue weighted by molar-refractivity contribution is 0.0479. The van der Waals surface area contributed by atoms with Crippen LogP contribution < -0.4 is 11.2 Å². The summed E-state index contributed by atoms with van der Waals surface area (Å²) in [6.07, 6.45) is 4.96. The van der Waals surface area contributed by atoms with Gasteiger partial charge < -0.3 is 24.9 Å². The molecule has 0 unspecified atom stereocenters. The lowest BCUT2D eigenvalue weighted by Crippen LogP contribution is -2.43. The monoisotopic (exact) mass is 317 g/mol. The van der Waals surface area contributed by atoms with Crippen molar-refractivity contribution in [2.45, 2.75) is 25.6 Å². The third kappa shape index (κ3) is 2.54. The van der Waals surface area contributed by atoms with E-state index >= 15 is 0 Å². The Morgan fingerprint density at radius 3 is 2.96 bits per heavy atom. The highest BCUT2D eigenvalue weighted by molar-refractivity contribution is 6.03. The number of aromatic hydroxyl groups is 1. The predicted octanol–water partition coefficient (Wildman–Crippen LogP) is 1.60. The summed E-state index contributed by atoms with van der Waals surface area (Å²) in [5, 5.41) is 13.4. The number of methoxy groups -OCH3 is 1. The van der Waals surface area contributed by atoms with E-state index in [0.717, 1.165) is 5.57 Å². The molecule has 2 heterocycles. The molecule has 4 N–H and O–H groups in total. The van der Waals surface area contributed by atoms with Gasteiger partial charge in [-0.15, -0.1) is 0 Å². The second-order valence-electron chi connectivity index (χ2n) is 5.58. The topological polar surface area (TPSA) is 97.0 Å². The second kappa shape index (κ2) is 5.94. The number of carbonyl (C=O) groups excluding carboxylic acids is 1. The van der Waals surface area contributed by atoms with E-state index in [1.165, 1.54) is 6.26 Å². The molecule has 0 saturated heterocycles.